The summed E-state index contributed by atoms with van der Waals surface area (Å²) in [5.41, 5.74) is 1.09. The first-order valence-corrected chi connectivity index (χ1v) is 7.95. The van der Waals surface area contributed by atoms with Crippen LogP contribution in [-0.4, -0.2) is 29.5 Å². The van der Waals surface area contributed by atoms with Gasteiger partial charge in [0.05, 0.1) is 6.04 Å². The van der Waals surface area contributed by atoms with E-state index < -0.39 is 6.09 Å². The molecule has 23 heavy (non-hydrogen) atoms. The van der Waals surface area contributed by atoms with Gasteiger partial charge in [0, 0.05) is 5.92 Å². The van der Waals surface area contributed by atoms with Crippen molar-refractivity contribution in [3.8, 4) is 0 Å². The van der Waals surface area contributed by atoms with Gasteiger partial charge >= 0.3 is 6.09 Å². The van der Waals surface area contributed by atoms with Crippen molar-refractivity contribution in [2.24, 2.45) is 5.92 Å². The SMILES string of the molecule is C/C=C/C=C/C[C@@H](C)C(=O)N1C(=O)OC[C@@H]1Cc1ccccc1. The number of allylic oxidation sites excluding steroid dienone is 4. The van der Waals surface area contributed by atoms with E-state index in [0.29, 0.717) is 12.8 Å². The molecule has 1 fully saturated rings. The number of carbonyl (C=O) groups is 2. The smallest absolute Gasteiger partial charge is 0.416 e. The maximum absolute atomic E-state index is 12.6. The van der Waals surface area contributed by atoms with Gasteiger partial charge in [0.1, 0.15) is 6.61 Å². The van der Waals surface area contributed by atoms with Gasteiger partial charge in [-0.25, -0.2) is 9.69 Å². The van der Waals surface area contributed by atoms with E-state index in [9.17, 15) is 9.59 Å². The molecule has 1 aliphatic heterocycles. The summed E-state index contributed by atoms with van der Waals surface area (Å²) in [5.74, 6) is -0.418. The van der Waals surface area contributed by atoms with Crippen molar-refractivity contribution >= 4 is 12.0 Å². The number of imide groups is 1. The third-order valence-corrected chi connectivity index (χ3v) is 3.86. The molecule has 0 unspecified atom stereocenters. The van der Waals surface area contributed by atoms with Crippen LogP contribution in [0.3, 0.4) is 0 Å². The van der Waals surface area contributed by atoms with Gasteiger partial charge in [-0.1, -0.05) is 61.6 Å². The lowest BCUT2D eigenvalue weighted by atomic mass is 10.0. The van der Waals surface area contributed by atoms with Gasteiger partial charge in [0.2, 0.25) is 5.91 Å². The zero-order chi connectivity index (χ0) is 16.7. The van der Waals surface area contributed by atoms with Crippen LogP contribution in [0.2, 0.25) is 0 Å². The van der Waals surface area contributed by atoms with Crippen LogP contribution in [0.25, 0.3) is 0 Å². The van der Waals surface area contributed by atoms with Gasteiger partial charge in [-0.05, 0) is 25.3 Å². The molecule has 1 saturated heterocycles. The van der Waals surface area contributed by atoms with Crippen LogP contribution in [0.1, 0.15) is 25.8 Å². The number of ether oxygens (including phenoxy) is 1. The normalized spacial score (nSPS) is 19.5. The van der Waals surface area contributed by atoms with Crippen molar-refractivity contribution in [3.63, 3.8) is 0 Å². The van der Waals surface area contributed by atoms with E-state index in [2.05, 4.69) is 0 Å². The molecule has 122 valence electrons. The van der Waals surface area contributed by atoms with Crippen molar-refractivity contribution in [2.75, 3.05) is 6.61 Å². The van der Waals surface area contributed by atoms with E-state index in [1.54, 1.807) is 0 Å². The van der Waals surface area contributed by atoms with Crippen molar-refractivity contribution in [1.82, 2.24) is 4.90 Å². The number of rotatable bonds is 6. The third-order valence-electron chi connectivity index (χ3n) is 3.86. The molecule has 1 aliphatic rings. The Kier molecular flexibility index (Phi) is 6.15. The standard InChI is InChI=1S/C19H23NO3/c1-3-4-5-7-10-15(2)18(21)20-17(14-23-19(20)22)13-16-11-8-6-9-12-16/h3-9,11-12,15,17H,10,13-14H2,1-2H3/b4-3+,7-5+/t15-,17+/m1/s1. The molecule has 0 bridgehead atoms. The van der Waals surface area contributed by atoms with Gasteiger partial charge in [-0.3, -0.25) is 4.79 Å². The van der Waals surface area contributed by atoms with Gasteiger partial charge in [-0.2, -0.15) is 0 Å². The van der Waals surface area contributed by atoms with Crippen LogP contribution >= 0.6 is 0 Å². The minimum absolute atomic E-state index is 0.168. The average molecular weight is 313 g/mol. The summed E-state index contributed by atoms with van der Waals surface area (Å²) in [7, 11) is 0. The summed E-state index contributed by atoms with van der Waals surface area (Å²) in [4.78, 5) is 25.8. The lowest BCUT2D eigenvalue weighted by Gasteiger charge is -2.22. The Morgan fingerprint density at radius 1 is 1.35 bits per heavy atom. The molecule has 0 aliphatic carbocycles. The summed E-state index contributed by atoms with van der Waals surface area (Å²) in [5, 5.41) is 0. The molecule has 0 N–H and O–H groups in total. The van der Waals surface area contributed by atoms with E-state index >= 15 is 0 Å². The number of hydrogen-bond acceptors (Lipinski definition) is 3. The molecular formula is C19H23NO3. The van der Waals surface area contributed by atoms with Gasteiger partial charge < -0.3 is 4.74 Å². The lowest BCUT2D eigenvalue weighted by molar-refractivity contribution is -0.132. The van der Waals surface area contributed by atoms with Crippen LogP contribution < -0.4 is 0 Å². The first kappa shape index (κ1) is 17.0. The Morgan fingerprint density at radius 3 is 2.78 bits per heavy atom. The molecule has 2 atom stereocenters. The fraction of sp³-hybridized carbons (Fsp3) is 0.368. The zero-order valence-corrected chi connectivity index (χ0v) is 13.6. The minimum Gasteiger partial charge on any atom is -0.447 e. The first-order valence-electron chi connectivity index (χ1n) is 7.95. The fourth-order valence-electron chi connectivity index (χ4n) is 2.58. The van der Waals surface area contributed by atoms with Crippen molar-refractivity contribution in [3.05, 3.63) is 60.2 Å². The number of benzene rings is 1. The second-order valence-electron chi connectivity index (χ2n) is 5.72. The number of cyclic esters (lactones) is 1. The summed E-state index contributed by atoms with van der Waals surface area (Å²) in [6.07, 6.45) is 8.39. The Morgan fingerprint density at radius 2 is 2.09 bits per heavy atom. The molecule has 1 heterocycles. The molecular weight excluding hydrogens is 290 g/mol. The summed E-state index contributed by atoms with van der Waals surface area (Å²) >= 11 is 0. The fourth-order valence-corrected chi connectivity index (χ4v) is 2.58. The number of amides is 2. The van der Waals surface area contributed by atoms with Gasteiger partial charge in [-0.15, -0.1) is 0 Å². The molecule has 1 aromatic carbocycles. The number of hydrogen-bond donors (Lipinski definition) is 0. The molecule has 2 rings (SSSR count). The Hall–Kier alpha value is -2.36. The van der Waals surface area contributed by atoms with E-state index in [0.717, 1.165) is 5.56 Å². The highest BCUT2D eigenvalue weighted by Gasteiger charge is 2.39. The number of nitrogens with zero attached hydrogens (tertiary/aromatic N) is 1. The molecule has 0 saturated carbocycles. The first-order chi connectivity index (χ1) is 11.1. The highest BCUT2D eigenvalue weighted by molar-refractivity contribution is 5.94. The summed E-state index contributed by atoms with van der Waals surface area (Å²) in [6, 6.07) is 9.62. The van der Waals surface area contributed by atoms with E-state index in [1.165, 1.54) is 4.90 Å². The molecule has 0 spiro atoms. The van der Waals surface area contributed by atoms with Crippen LogP contribution in [0.4, 0.5) is 4.79 Å². The van der Waals surface area contributed by atoms with Crippen LogP contribution in [0, 0.1) is 5.92 Å². The van der Waals surface area contributed by atoms with E-state index in [4.69, 9.17) is 4.74 Å². The van der Waals surface area contributed by atoms with Crippen LogP contribution in [-0.2, 0) is 16.0 Å². The quantitative estimate of drug-likeness (QED) is 0.752. The maximum Gasteiger partial charge on any atom is 0.416 e. The second kappa shape index (κ2) is 8.32. The third kappa shape index (κ3) is 4.55. The van der Waals surface area contributed by atoms with Crippen molar-refractivity contribution in [1.29, 1.82) is 0 Å². The highest BCUT2D eigenvalue weighted by atomic mass is 16.6. The van der Waals surface area contributed by atoms with Crippen LogP contribution in [0.15, 0.2) is 54.6 Å². The summed E-state index contributed by atoms with van der Waals surface area (Å²) < 4.78 is 5.10. The Balaban J connectivity index is 2.02. The van der Waals surface area contributed by atoms with E-state index in [-0.39, 0.29) is 24.5 Å². The molecule has 4 nitrogen and oxygen atoms in total. The predicted octanol–water partition coefficient (Wildman–Crippen LogP) is 3.74. The van der Waals surface area contributed by atoms with Crippen molar-refractivity contribution in [2.45, 2.75) is 32.7 Å². The largest absolute Gasteiger partial charge is 0.447 e. The maximum atomic E-state index is 12.6. The molecule has 1 aromatic rings. The minimum atomic E-state index is -0.528. The number of carbonyl (C=O) groups excluding carboxylic acids is 2. The molecule has 2 amide bonds. The second-order valence-corrected chi connectivity index (χ2v) is 5.72. The molecule has 0 radical (unpaired) electrons. The monoisotopic (exact) mass is 313 g/mol. The van der Waals surface area contributed by atoms with Crippen molar-refractivity contribution < 1.29 is 14.3 Å². The topological polar surface area (TPSA) is 46.6 Å². The van der Waals surface area contributed by atoms with Crippen LogP contribution in [0.5, 0.6) is 0 Å². The van der Waals surface area contributed by atoms with Gasteiger partial charge in [0.15, 0.2) is 0 Å². The summed E-state index contributed by atoms with van der Waals surface area (Å²) in [6.45, 7) is 4.04. The predicted molar refractivity (Wildman–Crippen MR) is 89.9 cm³/mol. The Bertz CT molecular complexity index is 592. The molecule has 0 aromatic heterocycles. The van der Waals surface area contributed by atoms with Gasteiger partial charge in [0.25, 0.3) is 0 Å². The lowest BCUT2D eigenvalue weighted by Crippen LogP contribution is -2.42. The van der Waals surface area contributed by atoms with E-state index in [1.807, 2.05) is 68.5 Å². The molecule has 4 heteroatoms. The average Bonchev–Trinajstić information content (AvgIpc) is 2.92. The zero-order valence-electron chi connectivity index (χ0n) is 13.6. The Labute approximate surface area is 137 Å². The highest BCUT2D eigenvalue weighted by Crippen LogP contribution is 2.21.